The first-order chi connectivity index (χ1) is 9.35. The molecule has 0 aliphatic heterocycles. The van der Waals surface area contributed by atoms with E-state index in [1.165, 1.54) is 0 Å². The van der Waals surface area contributed by atoms with Crippen molar-refractivity contribution < 1.29 is 9.47 Å². The third kappa shape index (κ3) is 1.92. The van der Waals surface area contributed by atoms with Crippen LogP contribution in [0, 0.1) is 0 Å². The fraction of sp³-hybridized carbons (Fsp3) is 0.143. The number of nitrogens with zero attached hydrogens (tertiary/aromatic N) is 2. The molecule has 0 saturated carbocycles. The molecule has 0 spiro atoms. The Labute approximate surface area is 114 Å². The maximum Gasteiger partial charge on any atom is 0.181 e. The highest BCUT2D eigenvalue weighted by Gasteiger charge is 2.17. The van der Waals surface area contributed by atoms with Gasteiger partial charge in [-0.2, -0.15) is 0 Å². The molecule has 0 aliphatic carbocycles. The van der Waals surface area contributed by atoms with Gasteiger partial charge in [0, 0.05) is 10.8 Å². The lowest BCUT2D eigenvalue weighted by atomic mass is 10.1. The van der Waals surface area contributed by atoms with E-state index in [2.05, 4.69) is 9.97 Å². The van der Waals surface area contributed by atoms with E-state index in [9.17, 15) is 0 Å². The van der Waals surface area contributed by atoms with Gasteiger partial charge in [-0.05, 0) is 6.07 Å². The van der Waals surface area contributed by atoms with E-state index in [0.717, 1.165) is 33.0 Å². The minimum absolute atomic E-state index is 0.719. The Morgan fingerprint density at radius 2 is 1.89 bits per heavy atom. The summed E-state index contributed by atoms with van der Waals surface area (Å²) in [7, 11) is 3.27. The van der Waals surface area contributed by atoms with Gasteiger partial charge in [0.1, 0.15) is 6.33 Å². The Bertz CT molecular complexity index is 719. The van der Waals surface area contributed by atoms with Crippen molar-refractivity contribution in [1.29, 1.82) is 0 Å². The van der Waals surface area contributed by atoms with Gasteiger partial charge in [0.05, 0.1) is 30.3 Å². The summed E-state index contributed by atoms with van der Waals surface area (Å²) in [4.78, 5) is 9.62. The number of aromatic nitrogens is 2. The van der Waals surface area contributed by atoms with Gasteiger partial charge in [0.15, 0.2) is 11.5 Å². The molecule has 1 aromatic carbocycles. The molecule has 0 amide bonds. The molecule has 0 saturated heterocycles. The van der Waals surface area contributed by atoms with Crippen molar-refractivity contribution in [3.05, 3.63) is 36.0 Å². The molecular weight excluding hydrogens is 260 g/mol. The van der Waals surface area contributed by atoms with Gasteiger partial charge in [-0.1, -0.05) is 18.2 Å². The van der Waals surface area contributed by atoms with Crippen LogP contribution >= 0.6 is 11.3 Å². The average Bonchev–Trinajstić information content (AvgIpc) is 2.89. The lowest BCUT2D eigenvalue weighted by Crippen LogP contribution is -1.91. The minimum Gasteiger partial charge on any atom is -0.492 e. The fourth-order valence-corrected chi connectivity index (χ4v) is 3.01. The lowest BCUT2D eigenvalue weighted by Gasteiger charge is -2.06. The van der Waals surface area contributed by atoms with Crippen LogP contribution in [0.3, 0.4) is 0 Å². The lowest BCUT2D eigenvalue weighted by molar-refractivity contribution is 0.359. The molecule has 0 atom stereocenters. The van der Waals surface area contributed by atoms with E-state index in [4.69, 9.17) is 9.47 Å². The Morgan fingerprint density at radius 3 is 2.68 bits per heavy atom. The van der Waals surface area contributed by atoms with Crippen LogP contribution in [0.2, 0.25) is 0 Å². The first kappa shape index (κ1) is 11.9. The highest BCUT2D eigenvalue weighted by Crippen LogP contribution is 2.44. The molecule has 2 aromatic heterocycles. The summed E-state index contributed by atoms with van der Waals surface area (Å²) < 4.78 is 10.7. The van der Waals surface area contributed by atoms with Gasteiger partial charge < -0.3 is 9.47 Å². The van der Waals surface area contributed by atoms with Gasteiger partial charge >= 0.3 is 0 Å². The highest BCUT2D eigenvalue weighted by molar-refractivity contribution is 7.14. The molecule has 19 heavy (non-hydrogen) atoms. The van der Waals surface area contributed by atoms with Gasteiger partial charge in [-0.15, -0.1) is 11.3 Å². The number of hydrogen-bond acceptors (Lipinski definition) is 5. The molecule has 2 heterocycles. The topological polar surface area (TPSA) is 44.2 Å². The molecule has 0 radical (unpaired) electrons. The van der Waals surface area contributed by atoms with Crippen molar-refractivity contribution in [3.8, 4) is 22.1 Å². The number of benzene rings is 1. The van der Waals surface area contributed by atoms with Crippen molar-refractivity contribution >= 4 is 22.2 Å². The number of rotatable bonds is 3. The predicted octanol–water partition coefficient (Wildman–Crippen LogP) is 3.38. The molecular formula is C14H12N2O2S. The second kappa shape index (κ2) is 4.85. The fourth-order valence-electron chi connectivity index (χ4n) is 2.01. The summed E-state index contributed by atoms with van der Waals surface area (Å²) in [5.41, 5.74) is 1.79. The quantitative estimate of drug-likeness (QED) is 0.733. The van der Waals surface area contributed by atoms with Crippen molar-refractivity contribution in [2.24, 2.45) is 0 Å². The highest BCUT2D eigenvalue weighted by atomic mass is 32.1. The van der Waals surface area contributed by atoms with Crippen molar-refractivity contribution in [1.82, 2.24) is 9.97 Å². The normalized spacial score (nSPS) is 10.6. The minimum atomic E-state index is 0.719. The second-order valence-corrected chi connectivity index (χ2v) is 4.79. The molecule has 96 valence electrons. The number of thiophene rings is 1. The third-order valence-electron chi connectivity index (χ3n) is 2.90. The van der Waals surface area contributed by atoms with Crippen molar-refractivity contribution in [3.63, 3.8) is 0 Å². The number of para-hydroxylation sites is 1. The zero-order valence-electron chi connectivity index (χ0n) is 10.6. The first-order valence-corrected chi connectivity index (χ1v) is 6.62. The summed E-state index contributed by atoms with van der Waals surface area (Å²) in [5.74, 6) is 1.45. The van der Waals surface area contributed by atoms with Gasteiger partial charge in [-0.3, -0.25) is 0 Å². The number of ether oxygens (including phenoxy) is 2. The molecule has 0 bridgehead atoms. The van der Waals surface area contributed by atoms with Gasteiger partial charge in [-0.25, -0.2) is 9.97 Å². The van der Waals surface area contributed by atoms with Gasteiger partial charge in [0.25, 0.3) is 0 Å². The second-order valence-electron chi connectivity index (χ2n) is 3.91. The van der Waals surface area contributed by atoms with Crippen LogP contribution in [-0.2, 0) is 0 Å². The molecule has 0 N–H and O–H groups in total. The molecule has 0 fully saturated rings. The van der Waals surface area contributed by atoms with Crippen LogP contribution in [0.25, 0.3) is 21.5 Å². The average molecular weight is 272 g/mol. The first-order valence-electron chi connectivity index (χ1n) is 5.74. The Balaban J connectivity index is 2.27. The summed E-state index contributed by atoms with van der Waals surface area (Å²) >= 11 is 1.55. The van der Waals surface area contributed by atoms with Crippen LogP contribution in [0.15, 0.2) is 36.0 Å². The molecule has 0 aliphatic rings. The summed E-state index contributed by atoms with van der Waals surface area (Å²) in [6.45, 7) is 0. The standard InChI is InChI=1S/C14H12N2O2S/c1-17-11-7-19-14(13(11)18-2)12-9-5-3-4-6-10(9)15-8-16-12/h3-8H,1-2H3. The van der Waals surface area contributed by atoms with Crippen LogP contribution < -0.4 is 9.47 Å². The van der Waals surface area contributed by atoms with E-state index < -0.39 is 0 Å². The molecule has 4 nitrogen and oxygen atoms in total. The summed E-state index contributed by atoms with van der Waals surface area (Å²) in [5, 5.41) is 2.93. The van der Waals surface area contributed by atoms with E-state index in [-0.39, 0.29) is 0 Å². The van der Waals surface area contributed by atoms with Crippen LogP contribution in [0.1, 0.15) is 0 Å². The van der Waals surface area contributed by atoms with Crippen LogP contribution in [0.4, 0.5) is 0 Å². The number of methoxy groups -OCH3 is 2. The van der Waals surface area contributed by atoms with E-state index in [1.807, 2.05) is 29.6 Å². The van der Waals surface area contributed by atoms with Gasteiger partial charge in [0.2, 0.25) is 0 Å². The zero-order chi connectivity index (χ0) is 13.2. The van der Waals surface area contributed by atoms with Crippen molar-refractivity contribution in [2.75, 3.05) is 14.2 Å². The van der Waals surface area contributed by atoms with Crippen LogP contribution in [-0.4, -0.2) is 24.2 Å². The number of fused-ring (bicyclic) bond motifs is 1. The van der Waals surface area contributed by atoms with Crippen LogP contribution in [0.5, 0.6) is 11.5 Å². The maximum atomic E-state index is 5.44. The molecule has 3 aromatic rings. The molecule has 0 unspecified atom stereocenters. The molecule has 5 heteroatoms. The predicted molar refractivity (Wildman–Crippen MR) is 76.0 cm³/mol. The SMILES string of the molecule is COc1csc(-c2ncnc3ccccc23)c1OC. The maximum absolute atomic E-state index is 5.44. The van der Waals surface area contributed by atoms with Crippen molar-refractivity contribution in [2.45, 2.75) is 0 Å². The smallest absolute Gasteiger partial charge is 0.181 e. The Kier molecular flexibility index (Phi) is 3.05. The monoisotopic (exact) mass is 272 g/mol. The molecule has 3 rings (SSSR count). The summed E-state index contributed by atoms with van der Waals surface area (Å²) in [6.07, 6.45) is 1.57. The largest absolute Gasteiger partial charge is 0.492 e. The Morgan fingerprint density at radius 1 is 1.05 bits per heavy atom. The zero-order valence-corrected chi connectivity index (χ0v) is 11.4. The van der Waals surface area contributed by atoms with E-state index in [0.29, 0.717) is 0 Å². The summed E-state index contributed by atoms with van der Waals surface area (Å²) in [6, 6.07) is 7.92. The van der Waals surface area contributed by atoms with E-state index in [1.54, 1.807) is 31.9 Å². The number of hydrogen-bond donors (Lipinski definition) is 0. The van der Waals surface area contributed by atoms with E-state index >= 15 is 0 Å². The Hall–Kier alpha value is -2.14. The third-order valence-corrected chi connectivity index (χ3v) is 3.84.